The van der Waals surface area contributed by atoms with E-state index in [-0.39, 0.29) is 29.9 Å². The summed E-state index contributed by atoms with van der Waals surface area (Å²) in [5, 5.41) is 3.27. The third-order valence-corrected chi connectivity index (χ3v) is 3.73. The molecule has 1 N–H and O–H groups in total. The number of carbonyl (C=O) groups excluding carboxylic acids is 2. The van der Waals surface area contributed by atoms with Crippen LogP contribution in [0.25, 0.3) is 0 Å². The summed E-state index contributed by atoms with van der Waals surface area (Å²) in [4.78, 5) is 26.6. The third-order valence-electron chi connectivity index (χ3n) is 3.73. The number of nitrogens with one attached hydrogen (secondary N) is 1. The maximum atomic E-state index is 12.8. The van der Waals surface area contributed by atoms with E-state index in [1.807, 2.05) is 38.1 Å². The number of amides is 1. The lowest BCUT2D eigenvalue weighted by atomic mass is 9.97. The van der Waals surface area contributed by atoms with Gasteiger partial charge in [-0.05, 0) is 38.8 Å². The van der Waals surface area contributed by atoms with Gasteiger partial charge in [-0.25, -0.2) is 4.79 Å². The normalized spacial score (nSPS) is 19.0. The van der Waals surface area contributed by atoms with Gasteiger partial charge in [0.25, 0.3) is 5.91 Å². The molecule has 0 spiro atoms. The molecule has 2 unspecified atom stereocenters. The molecule has 120 valence electrons. The summed E-state index contributed by atoms with van der Waals surface area (Å²) < 4.78 is 5.27. The second-order valence-electron chi connectivity index (χ2n) is 6.25. The molecule has 0 aromatic heterocycles. The van der Waals surface area contributed by atoms with E-state index in [9.17, 15) is 9.59 Å². The third kappa shape index (κ3) is 3.08. The Balaban J connectivity index is 2.38. The number of ether oxygens (including phenoxy) is 1. The molecule has 5 nitrogen and oxygen atoms in total. The van der Waals surface area contributed by atoms with Gasteiger partial charge in [-0.15, -0.1) is 0 Å². The van der Waals surface area contributed by atoms with E-state index in [0.29, 0.717) is 0 Å². The molecule has 1 aliphatic heterocycles. The summed E-state index contributed by atoms with van der Waals surface area (Å²) in [6.45, 7) is 9.28. The molecule has 0 saturated carbocycles. The fourth-order valence-corrected chi connectivity index (χ4v) is 2.59. The van der Waals surface area contributed by atoms with E-state index in [1.54, 1.807) is 25.7 Å². The van der Waals surface area contributed by atoms with Crippen molar-refractivity contribution in [2.45, 2.75) is 52.8 Å². The van der Waals surface area contributed by atoms with E-state index in [1.165, 1.54) is 0 Å². The van der Waals surface area contributed by atoms with Gasteiger partial charge in [-0.3, -0.25) is 9.69 Å². The van der Waals surface area contributed by atoms with E-state index in [4.69, 9.17) is 4.74 Å². The molecule has 2 rings (SSSR count). The molecule has 0 bridgehead atoms. The molecular weight excluding hydrogens is 280 g/mol. The van der Waals surface area contributed by atoms with Gasteiger partial charge in [-0.2, -0.15) is 0 Å². The average molecular weight is 304 g/mol. The van der Waals surface area contributed by atoms with Gasteiger partial charge in [0.1, 0.15) is 12.1 Å². The predicted octanol–water partition coefficient (Wildman–Crippen LogP) is 2.81. The van der Waals surface area contributed by atoms with Crippen LogP contribution in [-0.4, -0.2) is 30.1 Å². The minimum absolute atomic E-state index is 0.0955. The lowest BCUT2D eigenvalue weighted by Gasteiger charge is -2.39. The molecule has 22 heavy (non-hydrogen) atoms. The van der Waals surface area contributed by atoms with Crippen molar-refractivity contribution in [1.29, 1.82) is 0 Å². The van der Waals surface area contributed by atoms with Crippen molar-refractivity contribution < 1.29 is 14.3 Å². The number of anilines is 2. The lowest BCUT2D eigenvalue weighted by molar-refractivity contribution is -0.149. The number of hydrogen-bond donors (Lipinski definition) is 1. The number of hydrogen-bond acceptors (Lipinski definition) is 4. The Kier molecular flexibility index (Phi) is 4.74. The molecule has 1 aliphatic rings. The average Bonchev–Trinajstić information content (AvgIpc) is 2.45. The smallest absolute Gasteiger partial charge is 0.329 e. The van der Waals surface area contributed by atoms with Gasteiger partial charge in [0.05, 0.1) is 17.5 Å². The van der Waals surface area contributed by atoms with Crippen molar-refractivity contribution in [3.8, 4) is 0 Å². The van der Waals surface area contributed by atoms with E-state index in [2.05, 4.69) is 5.32 Å². The van der Waals surface area contributed by atoms with Crippen LogP contribution in [0.1, 0.15) is 34.6 Å². The molecule has 2 atom stereocenters. The molecule has 5 heteroatoms. The molecule has 0 aliphatic carbocycles. The zero-order valence-corrected chi connectivity index (χ0v) is 13.8. The molecule has 0 saturated heterocycles. The first-order chi connectivity index (χ1) is 10.3. The Hall–Kier alpha value is -2.04. The number of benzene rings is 1. The molecule has 0 radical (unpaired) electrons. The first-order valence-electron chi connectivity index (χ1n) is 7.72. The van der Waals surface area contributed by atoms with Crippen LogP contribution in [0.2, 0.25) is 0 Å². The maximum absolute atomic E-state index is 12.8. The van der Waals surface area contributed by atoms with Gasteiger partial charge >= 0.3 is 5.97 Å². The summed E-state index contributed by atoms with van der Waals surface area (Å²) >= 11 is 0. The second kappa shape index (κ2) is 6.38. The van der Waals surface area contributed by atoms with Gasteiger partial charge in [0.15, 0.2) is 0 Å². The van der Waals surface area contributed by atoms with Gasteiger partial charge in [0.2, 0.25) is 0 Å². The van der Waals surface area contributed by atoms with Crippen molar-refractivity contribution in [1.82, 2.24) is 0 Å². The highest BCUT2D eigenvalue weighted by Crippen LogP contribution is 2.34. The summed E-state index contributed by atoms with van der Waals surface area (Å²) in [5.41, 5.74) is 1.59. The Morgan fingerprint density at radius 3 is 2.41 bits per heavy atom. The van der Waals surface area contributed by atoms with Gasteiger partial charge < -0.3 is 10.1 Å². The lowest BCUT2D eigenvalue weighted by Crippen LogP contribution is -2.55. The molecule has 1 aromatic carbocycles. The van der Waals surface area contributed by atoms with Crippen molar-refractivity contribution in [3.63, 3.8) is 0 Å². The number of carbonyl (C=O) groups is 2. The van der Waals surface area contributed by atoms with Crippen LogP contribution in [0.4, 0.5) is 11.4 Å². The summed E-state index contributed by atoms with van der Waals surface area (Å²) in [6.07, 6.45) is -0.205. The van der Waals surface area contributed by atoms with Crippen molar-refractivity contribution in [2.24, 2.45) is 5.92 Å². The first-order valence-corrected chi connectivity index (χ1v) is 7.72. The number of rotatable bonds is 4. The van der Waals surface area contributed by atoms with Crippen LogP contribution in [-0.2, 0) is 14.3 Å². The van der Waals surface area contributed by atoms with Gasteiger partial charge in [0, 0.05) is 0 Å². The molecule has 1 heterocycles. The second-order valence-corrected chi connectivity index (χ2v) is 6.25. The molecular formula is C17H24N2O3. The highest BCUT2D eigenvalue weighted by Gasteiger charge is 2.39. The maximum Gasteiger partial charge on any atom is 0.329 e. The number of nitrogens with zero attached hydrogens (tertiary/aromatic N) is 1. The quantitative estimate of drug-likeness (QED) is 0.869. The highest BCUT2D eigenvalue weighted by molar-refractivity contribution is 6.08. The fourth-order valence-electron chi connectivity index (χ4n) is 2.59. The van der Waals surface area contributed by atoms with Gasteiger partial charge in [-0.1, -0.05) is 26.0 Å². The Morgan fingerprint density at radius 2 is 1.82 bits per heavy atom. The summed E-state index contributed by atoms with van der Waals surface area (Å²) in [5.74, 6) is -0.360. The van der Waals surface area contributed by atoms with Crippen molar-refractivity contribution in [2.75, 3.05) is 10.2 Å². The zero-order chi connectivity index (χ0) is 16.4. The highest BCUT2D eigenvalue weighted by atomic mass is 16.5. The predicted molar refractivity (Wildman–Crippen MR) is 86.9 cm³/mol. The van der Waals surface area contributed by atoms with Crippen LogP contribution in [0, 0.1) is 5.92 Å². The standard InChI is InChI=1S/C17H24N2O3/c1-10(2)15-16(20)19(12(5)17(21)22-11(3)4)14-9-7-6-8-13(14)18-15/h6-12,15,18H,1-5H3. The van der Waals surface area contributed by atoms with Crippen LogP contribution in [0.5, 0.6) is 0 Å². The largest absolute Gasteiger partial charge is 0.461 e. The SMILES string of the molecule is CC(C)OC(=O)C(C)N1C(=O)C(C(C)C)Nc2ccccc21. The number of esters is 1. The fraction of sp³-hybridized carbons (Fsp3) is 0.529. The summed E-state index contributed by atoms with van der Waals surface area (Å²) in [7, 11) is 0. The van der Waals surface area contributed by atoms with Crippen molar-refractivity contribution >= 4 is 23.3 Å². The van der Waals surface area contributed by atoms with E-state index in [0.717, 1.165) is 11.4 Å². The topological polar surface area (TPSA) is 58.6 Å². The first kappa shape index (κ1) is 16.3. The minimum Gasteiger partial charge on any atom is -0.461 e. The minimum atomic E-state index is -0.653. The van der Waals surface area contributed by atoms with Crippen molar-refractivity contribution in [3.05, 3.63) is 24.3 Å². The Labute approximate surface area is 131 Å². The monoisotopic (exact) mass is 304 g/mol. The van der Waals surface area contributed by atoms with Crippen LogP contribution in [0.3, 0.4) is 0 Å². The van der Waals surface area contributed by atoms with Crippen LogP contribution >= 0.6 is 0 Å². The van der Waals surface area contributed by atoms with E-state index >= 15 is 0 Å². The molecule has 1 amide bonds. The Morgan fingerprint density at radius 1 is 1.18 bits per heavy atom. The Bertz CT molecular complexity index is 569. The van der Waals surface area contributed by atoms with Crippen LogP contribution < -0.4 is 10.2 Å². The number of para-hydroxylation sites is 2. The molecule has 1 aromatic rings. The molecule has 0 fully saturated rings. The number of fused-ring (bicyclic) bond motifs is 1. The van der Waals surface area contributed by atoms with E-state index < -0.39 is 6.04 Å². The summed E-state index contributed by atoms with van der Waals surface area (Å²) in [6, 6.07) is 6.54. The zero-order valence-electron chi connectivity index (χ0n) is 13.8. The van der Waals surface area contributed by atoms with Crippen LogP contribution in [0.15, 0.2) is 24.3 Å².